The zero-order chi connectivity index (χ0) is 14.2. The molecule has 0 N–H and O–H groups in total. The molecule has 1 aromatic carbocycles. The standard InChI is InChI=1S/C12H13Br2NO3S/c1-15(11-2-3-19(17,18)7-11)12(16)8-4-9(13)6-10(14)5-8/h4-6,11H,2-3,7H2,1H3. The van der Waals surface area contributed by atoms with Crippen LogP contribution in [-0.2, 0) is 9.84 Å². The smallest absolute Gasteiger partial charge is 0.253 e. The lowest BCUT2D eigenvalue weighted by Gasteiger charge is -2.23. The largest absolute Gasteiger partial charge is 0.338 e. The van der Waals surface area contributed by atoms with Crippen molar-refractivity contribution in [3.05, 3.63) is 32.7 Å². The van der Waals surface area contributed by atoms with Crippen LogP contribution < -0.4 is 0 Å². The normalized spacial score (nSPS) is 21.3. The molecule has 1 amide bonds. The lowest BCUT2D eigenvalue weighted by Crippen LogP contribution is -2.37. The summed E-state index contributed by atoms with van der Waals surface area (Å²) in [6, 6.07) is 5.08. The van der Waals surface area contributed by atoms with E-state index in [0.717, 1.165) is 8.95 Å². The minimum atomic E-state index is -2.98. The van der Waals surface area contributed by atoms with Crippen molar-refractivity contribution in [3.63, 3.8) is 0 Å². The van der Waals surface area contributed by atoms with Crippen molar-refractivity contribution < 1.29 is 13.2 Å². The highest BCUT2D eigenvalue weighted by atomic mass is 79.9. The van der Waals surface area contributed by atoms with Gasteiger partial charge in [0, 0.05) is 27.6 Å². The number of rotatable bonds is 2. The van der Waals surface area contributed by atoms with Gasteiger partial charge in [0.25, 0.3) is 5.91 Å². The van der Waals surface area contributed by atoms with Crippen LogP contribution in [0.25, 0.3) is 0 Å². The maximum Gasteiger partial charge on any atom is 0.253 e. The Morgan fingerprint density at radius 3 is 2.32 bits per heavy atom. The fourth-order valence-electron chi connectivity index (χ4n) is 2.13. The Balaban J connectivity index is 2.20. The topological polar surface area (TPSA) is 54.5 Å². The minimum Gasteiger partial charge on any atom is -0.338 e. The van der Waals surface area contributed by atoms with Gasteiger partial charge in [0.05, 0.1) is 11.5 Å². The molecule has 1 heterocycles. The Hall–Kier alpha value is -0.400. The Kier molecular flexibility index (Phi) is 4.37. The van der Waals surface area contributed by atoms with Crippen LogP contribution in [0, 0.1) is 0 Å². The van der Waals surface area contributed by atoms with Crippen molar-refractivity contribution in [1.82, 2.24) is 4.90 Å². The third-order valence-electron chi connectivity index (χ3n) is 3.19. The summed E-state index contributed by atoms with van der Waals surface area (Å²) in [6.07, 6.45) is 0.514. The molecule has 1 unspecified atom stereocenters. The lowest BCUT2D eigenvalue weighted by atomic mass is 10.1. The van der Waals surface area contributed by atoms with Crippen molar-refractivity contribution in [2.75, 3.05) is 18.6 Å². The summed E-state index contributed by atoms with van der Waals surface area (Å²) in [7, 11) is -1.33. The maximum absolute atomic E-state index is 12.3. The summed E-state index contributed by atoms with van der Waals surface area (Å²) in [5.41, 5.74) is 0.535. The molecule has 0 aliphatic carbocycles. The number of carbonyl (C=O) groups excluding carboxylic acids is 1. The second-order valence-electron chi connectivity index (χ2n) is 4.63. The summed E-state index contributed by atoms with van der Waals surface area (Å²) in [5, 5.41) is 0. The van der Waals surface area contributed by atoms with Gasteiger partial charge in [0.1, 0.15) is 0 Å². The molecule has 1 fully saturated rings. The van der Waals surface area contributed by atoms with Gasteiger partial charge in [-0.3, -0.25) is 4.79 Å². The second-order valence-corrected chi connectivity index (χ2v) is 8.69. The van der Waals surface area contributed by atoms with Crippen molar-refractivity contribution >= 4 is 47.6 Å². The highest BCUT2D eigenvalue weighted by molar-refractivity contribution is 9.11. The van der Waals surface area contributed by atoms with Gasteiger partial charge in [-0.15, -0.1) is 0 Å². The molecule has 1 atom stereocenters. The first-order chi connectivity index (χ1) is 8.78. The molecule has 1 aliphatic rings. The highest BCUT2D eigenvalue weighted by Gasteiger charge is 2.33. The molecule has 7 heteroatoms. The van der Waals surface area contributed by atoms with Crippen LogP contribution >= 0.6 is 31.9 Å². The maximum atomic E-state index is 12.3. The molecule has 0 aromatic heterocycles. The van der Waals surface area contributed by atoms with Crippen LogP contribution in [0.2, 0.25) is 0 Å². The van der Waals surface area contributed by atoms with Crippen LogP contribution in [0.15, 0.2) is 27.1 Å². The lowest BCUT2D eigenvalue weighted by molar-refractivity contribution is 0.0747. The molecule has 0 saturated carbocycles. The fraction of sp³-hybridized carbons (Fsp3) is 0.417. The molecule has 1 saturated heterocycles. The Labute approximate surface area is 129 Å². The van der Waals surface area contributed by atoms with Gasteiger partial charge >= 0.3 is 0 Å². The molecule has 0 bridgehead atoms. The summed E-state index contributed by atoms with van der Waals surface area (Å²) < 4.78 is 24.5. The van der Waals surface area contributed by atoms with Gasteiger partial charge in [-0.25, -0.2) is 8.42 Å². The molecular formula is C12H13Br2NO3S. The Bertz CT molecular complexity index is 595. The van der Waals surface area contributed by atoms with Crippen LogP contribution in [0.5, 0.6) is 0 Å². The predicted molar refractivity (Wildman–Crippen MR) is 81.0 cm³/mol. The first-order valence-corrected chi connectivity index (χ1v) is 9.13. The second kappa shape index (κ2) is 5.54. The summed E-state index contributed by atoms with van der Waals surface area (Å²) in [5.74, 6) is 0.0612. The number of carbonyl (C=O) groups is 1. The molecule has 0 spiro atoms. The molecule has 2 rings (SSSR count). The van der Waals surface area contributed by atoms with Crippen molar-refractivity contribution in [2.45, 2.75) is 12.5 Å². The molecule has 1 aromatic rings. The average Bonchev–Trinajstić information content (AvgIpc) is 2.66. The van der Waals surface area contributed by atoms with Gasteiger partial charge in [-0.2, -0.15) is 0 Å². The molecule has 1 aliphatic heterocycles. The summed E-state index contributed by atoms with van der Waals surface area (Å²) in [6.45, 7) is 0. The molecule has 104 valence electrons. The van der Waals surface area contributed by atoms with Gasteiger partial charge in [0.15, 0.2) is 9.84 Å². The van der Waals surface area contributed by atoms with E-state index in [-0.39, 0.29) is 23.5 Å². The fourth-order valence-corrected chi connectivity index (χ4v) is 5.20. The molecule has 4 nitrogen and oxygen atoms in total. The van der Waals surface area contributed by atoms with Crippen LogP contribution in [-0.4, -0.2) is 43.8 Å². The van der Waals surface area contributed by atoms with Gasteiger partial charge in [0.2, 0.25) is 0 Å². The molecule has 19 heavy (non-hydrogen) atoms. The van der Waals surface area contributed by atoms with E-state index in [1.54, 1.807) is 19.2 Å². The Morgan fingerprint density at radius 1 is 1.26 bits per heavy atom. The Morgan fingerprint density at radius 2 is 1.84 bits per heavy atom. The third-order valence-corrected chi connectivity index (χ3v) is 5.85. The number of hydrogen-bond acceptors (Lipinski definition) is 3. The van der Waals surface area contributed by atoms with E-state index in [0.29, 0.717) is 12.0 Å². The van der Waals surface area contributed by atoms with E-state index in [2.05, 4.69) is 31.9 Å². The number of halogens is 2. The van der Waals surface area contributed by atoms with E-state index in [1.807, 2.05) is 6.07 Å². The predicted octanol–water partition coefficient (Wildman–Crippen LogP) is 2.47. The highest BCUT2D eigenvalue weighted by Crippen LogP contribution is 2.23. The van der Waals surface area contributed by atoms with Crippen molar-refractivity contribution in [1.29, 1.82) is 0 Å². The van der Waals surface area contributed by atoms with Gasteiger partial charge < -0.3 is 4.90 Å². The quantitative estimate of drug-likeness (QED) is 0.752. The van der Waals surface area contributed by atoms with E-state index in [4.69, 9.17) is 0 Å². The van der Waals surface area contributed by atoms with E-state index in [9.17, 15) is 13.2 Å². The number of benzene rings is 1. The SMILES string of the molecule is CN(C(=O)c1cc(Br)cc(Br)c1)C1CCS(=O)(=O)C1. The van der Waals surface area contributed by atoms with Crippen LogP contribution in [0.4, 0.5) is 0 Å². The van der Waals surface area contributed by atoms with E-state index < -0.39 is 9.84 Å². The molecular weight excluding hydrogens is 398 g/mol. The first-order valence-electron chi connectivity index (χ1n) is 5.72. The van der Waals surface area contributed by atoms with Crippen LogP contribution in [0.3, 0.4) is 0 Å². The zero-order valence-electron chi connectivity index (χ0n) is 10.3. The van der Waals surface area contributed by atoms with Gasteiger partial charge in [-0.1, -0.05) is 31.9 Å². The first kappa shape index (κ1) is 15.0. The molecule has 0 radical (unpaired) electrons. The number of nitrogens with zero attached hydrogens (tertiary/aromatic N) is 1. The summed E-state index contributed by atoms with van der Waals surface area (Å²) in [4.78, 5) is 13.9. The average molecular weight is 411 g/mol. The number of sulfone groups is 1. The van der Waals surface area contributed by atoms with E-state index in [1.165, 1.54) is 4.90 Å². The zero-order valence-corrected chi connectivity index (χ0v) is 14.3. The van der Waals surface area contributed by atoms with Crippen LogP contribution in [0.1, 0.15) is 16.8 Å². The van der Waals surface area contributed by atoms with Crippen molar-refractivity contribution in [2.24, 2.45) is 0 Å². The van der Waals surface area contributed by atoms with Crippen molar-refractivity contribution in [3.8, 4) is 0 Å². The number of hydrogen-bond donors (Lipinski definition) is 0. The third kappa shape index (κ3) is 3.58. The van der Waals surface area contributed by atoms with Gasteiger partial charge in [-0.05, 0) is 24.6 Å². The van der Waals surface area contributed by atoms with E-state index >= 15 is 0 Å². The number of amides is 1. The summed E-state index contributed by atoms with van der Waals surface area (Å²) >= 11 is 6.67. The minimum absolute atomic E-state index is 0.0599. The monoisotopic (exact) mass is 409 g/mol.